The average molecular weight is 428 g/mol. The number of nitrogens with one attached hydrogen (secondary N) is 2. The standard InChI is InChI=1S/C27H29N3O2/c1-2-10-24(23-14-7-4-8-15-23)20-29-26(31)27(32)30-25(17-21-11-5-3-6-12-21)18-22-13-9-16-28-19-22/h2-9,11-16,19,24-25H,1,10,17-18,20H2,(H,29,31)(H,30,32). The van der Waals surface area contributed by atoms with E-state index in [1.807, 2.05) is 78.9 Å². The van der Waals surface area contributed by atoms with Gasteiger partial charge in [-0.05, 0) is 42.0 Å². The molecule has 0 fully saturated rings. The van der Waals surface area contributed by atoms with Gasteiger partial charge in [0, 0.05) is 30.9 Å². The van der Waals surface area contributed by atoms with Gasteiger partial charge in [-0.3, -0.25) is 14.6 Å². The van der Waals surface area contributed by atoms with E-state index in [1.165, 1.54) is 0 Å². The van der Waals surface area contributed by atoms with Gasteiger partial charge in [0.15, 0.2) is 0 Å². The summed E-state index contributed by atoms with van der Waals surface area (Å²) in [6, 6.07) is 23.5. The zero-order valence-electron chi connectivity index (χ0n) is 18.1. The third-order valence-corrected chi connectivity index (χ3v) is 5.30. The van der Waals surface area contributed by atoms with Crippen molar-refractivity contribution in [2.24, 2.45) is 0 Å². The number of amides is 2. The van der Waals surface area contributed by atoms with E-state index in [-0.39, 0.29) is 12.0 Å². The van der Waals surface area contributed by atoms with Crippen LogP contribution in [0.5, 0.6) is 0 Å². The van der Waals surface area contributed by atoms with Crippen LogP contribution in [-0.2, 0) is 22.4 Å². The smallest absolute Gasteiger partial charge is 0.309 e. The molecule has 1 heterocycles. The molecule has 0 bridgehead atoms. The Bertz CT molecular complexity index is 950. The van der Waals surface area contributed by atoms with Gasteiger partial charge >= 0.3 is 11.8 Å². The lowest BCUT2D eigenvalue weighted by Gasteiger charge is -2.20. The summed E-state index contributed by atoms with van der Waals surface area (Å²) in [6.07, 6.45) is 7.25. The second-order valence-corrected chi connectivity index (χ2v) is 7.77. The van der Waals surface area contributed by atoms with E-state index in [2.05, 4.69) is 22.2 Å². The van der Waals surface area contributed by atoms with E-state index in [9.17, 15) is 9.59 Å². The van der Waals surface area contributed by atoms with Gasteiger partial charge in [-0.2, -0.15) is 0 Å². The average Bonchev–Trinajstić information content (AvgIpc) is 2.83. The SMILES string of the molecule is C=CCC(CNC(=O)C(=O)NC(Cc1ccccc1)Cc1cccnc1)c1ccccc1. The molecule has 32 heavy (non-hydrogen) atoms. The van der Waals surface area contributed by atoms with E-state index in [0.29, 0.717) is 25.8 Å². The number of carbonyl (C=O) groups excluding carboxylic acids is 2. The number of hydrogen-bond donors (Lipinski definition) is 2. The van der Waals surface area contributed by atoms with Crippen molar-refractivity contribution in [3.8, 4) is 0 Å². The maximum Gasteiger partial charge on any atom is 0.309 e. The number of rotatable bonds is 10. The normalized spacial score (nSPS) is 12.4. The van der Waals surface area contributed by atoms with Crippen LogP contribution in [0.1, 0.15) is 29.0 Å². The summed E-state index contributed by atoms with van der Waals surface area (Å²) in [6.45, 7) is 4.18. The van der Waals surface area contributed by atoms with Crippen molar-refractivity contribution in [1.29, 1.82) is 0 Å². The topological polar surface area (TPSA) is 71.1 Å². The van der Waals surface area contributed by atoms with Crippen molar-refractivity contribution >= 4 is 11.8 Å². The maximum atomic E-state index is 12.7. The molecular formula is C27H29N3O2. The summed E-state index contributed by atoms with van der Waals surface area (Å²) >= 11 is 0. The van der Waals surface area contributed by atoms with Crippen molar-refractivity contribution in [2.75, 3.05) is 6.54 Å². The molecule has 2 atom stereocenters. The van der Waals surface area contributed by atoms with Crippen molar-refractivity contribution in [3.05, 3.63) is 115 Å². The predicted molar refractivity (Wildman–Crippen MR) is 127 cm³/mol. The van der Waals surface area contributed by atoms with Gasteiger partial charge in [0.25, 0.3) is 0 Å². The van der Waals surface area contributed by atoms with Gasteiger partial charge < -0.3 is 10.6 Å². The number of allylic oxidation sites excluding steroid dienone is 1. The number of aromatic nitrogens is 1. The molecule has 164 valence electrons. The molecule has 0 saturated heterocycles. The van der Waals surface area contributed by atoms with Gasteiger partial charge in [0.1, 0.15) is 0 Å². The van der Waals surface area contributed by atoms with Crippen molar-refractivity contribution in [3.63, 3.8) is 0 Å². The fourth-order valence-corrected chi connectivity index (χ4v) is 3.69. The minimum atomic E-state index is -0.626. The number of hydrogen-bond acceptors (Lipinski definition) is 3. The largest absolute Gasteiger partial charge is 0.347 e. The van der Waals surface area contributed by atoms with Crippen LogP contribution in [0.25, 0.3) is 0 Å². The highest BCUT2D eigenvalue weighted by Gasteiger charge is 2.21. The van der Waals surface area contributed by atoms with E-state index in [0.717, 1.165) is 16.7 Å². The number of benzene rings is 2. The molecule has 0 radical (unpaired) electrons. The van der Waals surface area contributed by atoms with Crippen LogP contribution in [0.2, 0.25) is 0 Å². The minimum Gasteiger partial charge on any atom is -0.347 e. The Hall–Kier alpha value is -3.73. The first kappa shape index (κ1) is 22.9. The molecule has 2 unspecified atom stereocenters. The predicted octanol–water partition coefficient (Wildman–Crippen LogP) is 3.83. The van der Waals surface area contributed by atoms with Crippen LogP contribution in [0.4, 0.5) is 0 Å². The van der Waals surface area contributed by atoms with E-state index < -0.39 is 11.8 Å². The lowest BCUT2D eigenvalue weighted by molar-refractivity contribution is -0.139. The van der Waals surface area contributed by atoms with E-state index in [1.54, 1.807) is 12.4 Å². The third-order valence-electron chi connectivity index (χ3n) is 5.30. The van der Waals surface area contributed by atoms with Gasteiger partial charge in [-0.1, -0.05) is 72.8 Å². The van der Waals surface area contributed by atoms with Crippen molar-refractivity contribution in [2.45, 2.75) is 31.2 Å². The molecular weight excluding hydrogens is 398 g/mol. The number of nitrogens with zero attached hydrogens (tertiary/aromatic N) is 1. The van der Waals surface area contributed by atoms with Crippen LogP contribution in [0.3, 0.4) is 0 Å². The Morgan fingerprint density at radius 2 is 1.53 bits per heavy atom. The summed E-state index contributed by atoms with van der Waals surface area (Å²) in [7, 11) is 0. The Morgan fingerprint density at radius 3 is 2.19 bits per heavy atom. The molecule has 1 aromatic heterocycles. The quantitative estimate of drug-likeness (QED) is 0.382. The molecule has 5 heteroatoms. The Morgan fingerprint density at radius 1 is 0.875 bits per heavy atom. The highest BCUT2D eigenvalue weighted by atomic mass is 16.2. The molecule has 0 aliphatic heterocycles. The molecule has 0 aliphatic rings. The van der Waals surface area contributed by atoms with Crippen LogP contribution < -0.4 is 10.6 Å². The fraction of sp³-hybridized carbons (Fsp3) is 0.222. The zero-order valence-corrected chi connectivity index (χ0v) is 18.1. The lowest BCUT2D eigenvalue weighted by atomic mass is 9.95. The number of pyridine rings is 1. The molecule has 2 amide bonds. The van der Waals surface area contributed by atoms with Crippen LogP contribution in [0, 0.1) is 0 Å². The first-order chi connectivity index (χ1) is 15.7. The molecule has 3 aromatic rings. The fourth-order valence-electron chi connectivity index (χ4n) is 3.69. The minimum absolute atomic E-state index is 0.0703. The molecule has 2 N–H and O–H groups in total. The molecule has 0 spiro atoms. The monoisotopic (exact) mass is 427 g/mol. The van der Waals surface area contributed by atoms with Gasteiger partial charge in [-0.25, -0.2) is 0 Å². The van der Waals surface area contributed by atoms with E-state index in [4.69, 9.17) is 0 Å². The molecule has 0 aliphatic carbocycles. The van der Waals surface area contributed by atoms with Crippen LogP contribution >= 0.6 is 0 Å². The second-order valence-electron chi connectivity index (χ2n) is 7.77. The highest BCUT2D eigenvalue weighted by molar-refractivity contribution is 6.35. The van der Waals surface area contributed by atoms with Crippen LogP contribution in [-0.4, -0.2) is 29.4 Å². The Kier molecular flexibility index (Phi) is 8.75. The highest BCUT2D eigenvalue weighted by Crippen LogP contribution is 2.18. The maximum absolute atomic E-state index is 12.7. The zero-order chi connectivity index (χ0) is 22.6. The Balaban J connectivity index is 1.62. The first-order valence-electron chi connectivity index (χ1n) is 10.8. The molecule has 5 nitrogen and oxygen atoms in total. The van der Waals surface area contributed by atoms with Crippen LogP contribution in [0.15, 0.2) is 97.8 Å². The summed E-state index contributed by atoms with van der Waals surface area (Å²) in [5.41, 5.74) is 3.20. The van der Waals surface area contributed by atoms with E-state index >= 15 is 0 Å². The van der Waals surface area contributed by atoms with Gasteiger partial charge in [0.2, 0.25) is 0 Å². The number of carbonyl (C=O) groups is 2. The summed E-state index contributed by atoms with van der Waals surface area (Å²) in [5.74, 6) is -1.18. The first-order valence-corrected chi connectivity index (χ1v) is 10.8. The molecule has 2 aromatic carbocycles. The van der Waals surface area contributed by atoms with Crippen molar-refractivity contribution in [1.82, 2.24) is 15.6 Å². The second kappa shape index (κ2) is 12.2. The summed E-state index contributed by atoms with van der Waals surface area (Å²) in [5, 5.41) is 5.70. The summed E-state index contributed by atoms with van der Waals surface area (Å²) in [4.78, 5) is 29.4. The molecule has 0 saturated carbocycles. The van der Waals surface area contributed by atoms with Gasteiger partial charge in [-0.15, -0.1) is 6.58 Å². The summed E-state index contributed by atoms with van der Waals surface area (Å²) < 4.78 is 0. The molecule has 3 rings (SSSR count). The lowest BCUT2D eigenvalue weighted by Crippen LogP contribution is -2.47. The Labute approximate surface area is 189 Å². The third kappa shape index (κ3) is 7.20. The van der Waals surface area contributed by atoms with Crippen molar-refractivity contribution < 1.29 is 9.59 Å². The van der Waals surface area contributed by atoms with Gasteiger partial charge in [0.05, 0.1) is 0 Å².